The van der Waals surface area contributed by atoms with E-state index in [9.17, 15) is 9.59 Å². The Labute approximate surface area is 238 Å². The van der Waals surface area contributed by atoms with Crippen LogP contribution in [0.2, 0.25) is 25.1 Å². The topological polar surface area (TPSA) is 52.0 Å². The number of benzene rings is 3. The van der Waals surface area contributed by atoms with Gasteiger partial charge in [-0.1, -0.05) is 70.1 Å². The number of halogens is 5. The van der Waals surface area contributed by atoms with Crippen LogP contribution in [0.3, 0.4) is 0 Å². The number of hydrogen-bond donors (Lipinski definition) is 0. The minimum absolute atomic E-state index is 0.00867. The summed E-state index contributed by atoms with van der Waals surface area (Å²) >= 11 is 30.4. The van der Waals surface area contributed by atoms with Gasteiger partial charge in [-0.25, -0.2) is 4.68 Å². The molecule has 4 aromatic rings. The molecule has 186 valence electrons. The van der Waals surface area contributed by atoms with Crippen molar-refractivity contribution in [1.82, 2.24) is 9.78 Å². The predicted molar refractivity (Wildman–Crippen MR) is 153 cm³/mol. The maximum atomic E-state index is 13.4. The van der Waals surface area contributed by atoms with Crippen molar-refractivity contribution < 1.29 is 9.59 Å². The van der Waals surface area contributed by atoms with Gasteiger partial charge < -0.3 is 0 Å². The fourth-order valence-corrected chi connectivity index (χ4v) is 4.64. The number of rotatable bonds is 7. The molecule has 0 amide bonds. The van der Waals surface area contributed by atoms with Gasteiger partial charge in [0.15, 0.2) is 5.78 Å². The molecule has 0 unspecified atom stereocenters. The summed E-state index contributed by atoms with van der Waals surface area (Å²) in [7, 11) is 0. The first-order valence-electron chi connectivity index (χ1n) is 10.8. The first kappa shape index (κ1) is 27.2. The van der Waals surface area contributed by atoms with E-state index in [1.807, 2.05) is 0 Å². The van der Waals surface area contributed by atoms with Crippen LogP contribution in [-0.2, 0) is 0 Å². The third kappa shape index (κ3) is 6.35. The smallest absolute Gasteiger partial charge is 0.206 e. The van der Waals surface area contributed by atoms with Crippen molar-refractivity contribution in [3.05, 3.63) is 126 Å². The highest BCUT2D eigenvalue weighted by atomic mass is 35.5. The van der Waals surface area contributed by atoms with E-state index in [2.05, 4.69) is 5.10 Å². The Balaban J connectivity index is 1.75. The summed E-state index contributed by atoms with van der Waals surface area (Å²) in [5.74, 6) is -0.881. The van der Waals surface area contributed by atoms with Crippen LogP contribution < -0.4 is 0 Å². The van der Waals surface area contributed by atoms with Gasteiger partial charge in [0.1, 0.15) is 5.69 Å². The summed E-state index contributed by atoms with van der Waals surface area (Å²) < 4.78 is 1.53. The van der Waals surface area contributed by atoms with Crippen LogP contribution in [0, 0.1) is 6.92 Å². The third-order valence-corrected chi connectivity index (χ3v) is 6.80. The second-order valence-electron chi connectivity index (χ2n) is 7.92. The van der Waals surface area contributed by atoms with Crippen LogP contribution >= 0.6 is 58.0 Å². The average Bonchev–Trinajstić information content (AvgIpc) is 3.20. The molecule has 0 aliphatic rings. The van der Waals surface area contributed by atoms with E-state index in [0.717, 1.165) is 0 Å². The molecule has 0 saturated carbocycles. The van der Waals surface area contributed by atoms with Gasteiger partial charge in [-0.15, -0.1) is 0 Å². The van der Waals surface area contributed by atoms with E-state index in [-0.39, 0.29) is 11.3 Å². The first-order valence-corrected chi connectivity index (χ1v) is 12.7. The van der Waals surface area contributed by atoms with E-state index in [0.29, 0.717) is 47.6 Å². The van der Waals surface area contributed by atoms with Crippen molar-refractivity contribution in [2.75, 3.05) is 0 Å². The zero-order chi connectivity index (χ0) is 26.7. The molecule has 3 aromatic carbocycles. The summed E-state index contributed by atoms with van der Waals surface area (Å²) in [6, 6.07) is 16.8. The van der Waals surface area contributed by atoms with Crippen molar-refractivity contribution >= 4 is 81.7 Å². The van der Waals surface area contributed by atoms with E-state index in [1.54, 1.807) is 79.7 Å². The van der Waals surface area contributed by atoms with Gasteiger partial charge in [0, 0.05) is 25.1 Å². The van der Waals surface area contributed by atoms with E-state index < -0.39 is 11.6 Å². The second-order valence-corrected chi connectivity index (χ2v) is 10.0. The number of hydrogen-bond acceptors (Lipinski definition) is 3. The lowest BCUT2D eigenvalue weighted by atomic mass is 10.0. The van der Waals surface area contributed by atoms with Crippen molar-refractivity contribution in [3.63, 3.8) is 0 Å². The lowest BCUT2D eigenvalue weighted by Crippen LogP contribution is -2.05. The fraction of sp³-hybridized carbons (Fsp3) is 0.0357. The van der Waals surface area contributed by atoms with Gasteiger partial charge in [-0.05, 0) is 90.9 Å². The number of ketones is 2. The van der Waals surface area contributed by atoms with Gasteiger partial charge in [-0.2, -0.15) is 5.10 Å². The van der Waals surface area contributed by atoms with Crippen molar-refractivity contribution in [3.8, 4) is 5.69 Å². The average molecular weight is 591 g/mol. The molecule has 0 bridgehead atoms. The zero-order valence-electron chi connectivity index (χ0n) is 19.2. The molecule has 4 rings (SSSR count). The van der Waals surface area contributed by atoms with Gasteiger partial charge in [0.05, 0.1) is 16.9 Å². The maximum absolute atomic E-state index is 13.4. The minimum Gasteiger partial charge on any atom is -0.289 e. The van der Waals surface area contributed by atoms with Gasteiger partial charge >= 0.3 is 0 Å². The molecule has 1 heterocycles. The standard InChI is InChI=1S/C28H17Cl5N2O2/c1-16-27(25(36)12-4-17-2-6-20(30)14-23(17)32)28(34-35(16)22-10-8-19(29)9-11-22)26(37)13-5-18-3-7-21(31)15-24(18)33/h2-15H,1H3/b12-4+,13-5+. The maximum Gasteiger partial charge on any atom is 0.206 e. The quantitative estimate of drug-likeness (QED) is 0.159. The first-order chi connectivity index (χ1) is 17.6. The number of carbonyl (C=O) groups is 2. The molecule has 9 heteroatoms. The van der Waals surface area contributed by atoms with E-state index in [4.69, 9.17) is 58.0 Å². The number of allylic oxidation sites excluding steroid dienone is 2. The normalized spacial score (nSPS) is 11.5. The van der Waals surface area contributed by atoms with Crippen molar-refractivity contribution in [2.24, 2.45) is 0 Å². The highest BCUT2D eigenvalue weighted by Gasteiger charge is 2.24. The Hall–Kier alpha value is -2.86. The molecule has 0 N–H and O–H groups in total. The Morgan fingerprint density at radius 3 is 1.70 bits per heavy atom. The molecule has 0 saturated heterocycles. The molecule has 0 atom stereocenters. The molecule has 37 heavy (non-hydrogen) atoms. The van der Waals surface area contributed by atoms with Crippen LogP contribution in [0.5, 0.6) is 0 Å². The minimum atomic E-state index is -0.469. The highest BCUT2D eigenvalue weighted by Crippen LogP contribution is 2.26. The molecule has 1 aromatic heterocycles. The summed E-state index contributed by atoms with van der Waals surface area (Å²) in [6.45, 7) is 1.72. The lowest BCUT2D eigenvalue weighted by Gasteiger charge is -2.04. The molecule has 0 aliphatic heterocycles. The van der Waals surface area contributed by atoms with Crippen LogP contribution in [0.1, 0.15) is 37.7 Å². The predicted octanol–water partition coefficient (Wildman–Crippen LogP) is 9.24. The Morgan fingerprint density at radius 2 is 1.19 bits per heavy atom. The Bertz CT molecular complexity index is 1570. The molecular weight excluding hydrogens is 574 g/mol. The molecule has 0 spiro atoms. The van der Waals surface area contributed by atoms with Crippen molar-refractivity contribution in [2.45, 2.75) is 6.92 Å². The van der Waals surface area contributed by atoms with Crippen LogP contribution in [0.15, 0.2) is 72.8 Å². The second kappa shape index (κ2) is 11.7. The molecule has 0 radical (unpaired) electrons. The van der Waals surface area contributed by atoms with Crippen LogP contribution in [0.4, 0.5) is 0 Å². The van der Waals surface area contributed by atoms with E-state index >= 15 is 0 Å². The van der Waals surface area contributed by atoms with Crippen LogP contribution in [0.25, 0.3) is 17.8 Å². The number of carbonyl (C=O) groups excluding carboxylic acids is 2. The largest absolute Gasteiger partial charge is 0.289 e. The van der Waals surface area contributed by atoms with Gasteiger partial charge in [0.2, 0.25) is 5.78 Å². The summed E-state index contributed by atoms with van der Waals surface area (Å²) in [5, 5.41) is 6.77. The highest BCUT2D eigenvalue weighted by molar-refractivity contribution is 6.36. The Kier molecular flexibility index (Phi) is 8.58. The monoisotopic (exact) mass is 588 g/mol. The van der Waals surface area contributed by atoms with Crippen molar-refractivity contribution in [1.29, 1.82) is 0 Å². The molecular formula is C28H17Cl5N2O2. The molecule has 0 aliphatic carbocycles. The molecule has 0 fully saturated rings. The lowest BCUT2D eigenvalue weighted by molar-refractivity contribution is 0.101. The fourth-order valence-electron chi connectivity index (χ4n) is 3.57. The van der Waals surface area contributed by atoms with Gasteiger partial charge in [0.25, 0.3) is 0 Å². The molecule has 4 nitrogen and oxygen atoms in total. The number of aromatic nitrogens is 2. The Morgan fingerprint density at radius 1 is 0.703 bits per heavy atom. The zero-order valence-corrected chi connectivity index (χ0v) is 23.0. The summed E-state index contributed by atoms with van der Waals surface area (Å²) in [4.78, 5) is 26.6. The summed E-state index contributed by atoms with van der Waals surface area (Å²) in [6.07, 6.45) is 5.79. The van der Waals surface area contributed by atoms with Gasteiger partial charge in [-0.3, -0.25) is 9.59 Å². The third-order valence-electron chi connectivity index (χ3n) is 5.42. The van der Waals surface area contributed by atoms with E-state index in [1.165, 1.54) is 16.8 Å². The SMILES string of the molecule is Cc1c(C(=O)/C=C/c2ccc(Cl)cc2Cl)c(C(=O)/C=C/c2ccc(Cl)cc2Cl)nn1-c1ccc(Cl)cc1. The number of nitrogens with zero attached hydrogens (tertiary/aromatic N) is 2. The van der Waals surface area contributed by atoms with Crippen LogP contribution in [-0.4, -0.2) is 21.3 Å². The summed E-state index contributed by atoms with van der Waals surface area (Å²) in [5.41, 5.74) is 2.48.